The first-order valence-electron chi connectivity index (χ1n) is 8.40. The average molecular weight is 335 g/mol. The van der Waals surface area contributed by atoms with Crippen molar-refractivity contribution >= 4 is 11.7 Å². The second-order valence-electron chi connectivity index (χ2n) is 6.62. The van der Waals surface area contributed by atoms with Gasteiger partial charge in [-0.05, 0) is 37.5 Å². The summed E-state index contributed by atoms with van der Waals surface area (Å²) in [5.74, 6) is 0. The number of benzene rings is 2. The van der Waals surface area contributed by atoms with Gasteiger partial charge in [-0.2, -0.15) is 0 Å². The van der Waals surface area contributed by atoms with Crippen LogP contribution in [0.4, 0.5) is 4.79 Å². The second kappa shape index (κ2) is 8.88. The number of nitrogens with one attached hydrogen (secondary N) is 1. The number of amides is 1. The number of hydrogen-bond acceptors (Lipinski definition) is 2. The van der Waals surface area contributed by atoms with Crippen LogP contribution < -0.4 is 5.32 Å². The molecule has 0 aliphatic heterocycles. The number of carbonyl (C=O) groups is 1. The van der Waals surface area contributed by atoms with Crippen LogP contribution in [0.5, 0.6) is 0 Å². The fourth-order valence-corrected chi connectivity index (χ4v) is 2.28. The Hall–Kier alpha value is -2.81. The number of rotatable bonds is 5. The molecule has 0 saturated carbocycles. The highest BCUT2D eigenvalue weighted by Gasteiger charge is 2.14. The van der Waals surface area contributed by atoms with Crippen LogP contribution in [0.1, 0.15) is 31.9 Å². The summed E-state index contributed by atoms with van der Waals surface area (Å²) in [7, 11) is 0. The first kappa shape index (κ1) is 18.5. The fraction of sp³-hybridized carbons (Fsp3) is 0.227. The van der Waals surface area contributed by atoms with E-state index in [9.17, 15) is 4.79 Å². The summed E-state index contributed by atoms with van der Waals surface area (Å²) < 4.78 is 5.20. The predicted octanol–water partition coefficient (Wildman–Crippen LogP) is 5.20. The highest BCUT2D eigenvalue weighted by Crippen LogP contribution is 2.23. The van der Waals surface area contributed by atoms with Crippen molar-refractivity contribution in [1.29, 1.82) is 0 Å². The molecular weight excluding hydrogens is 310 g/mol. The molecule has 2 aromatic carbocycles. The molecule has 2 rings (SSSR count). The molecule has 1 amide bonds. The van der Waals surface area contributed by atoms with Crippen molar-refractivity contribution in [3.8, 4) is 0 Å². The third kappa shape index (κ3) is 6.68. The van der Waals surface area contributed by atoms with E-state index in [2.05, 4.69) is 35.7 Å². The number of hydrogen-bond donors (Lipinski definition) is 1. The highest BCUT2D eigenvalue weighted by molar-refractivity contribution is 5.80. The first-order valence-corrected chi connectivity index (χ1v) is 8.40. The molecule has 3 heteroatoms. The first-order chi connectivity index (χ1) is 12.0. The van der Waals surface area contributed by atoms with Gasteiger partial charge in [-0.1, -0.05) is 78.9 Å². The van der Waals surface area contributed by atoms with Crippen molar-refractivity contribution in [3.63, 3.8) is 0 Å². The minimum Gasteiger partial charge on any atom is -0.444 e. The molecule has 0 radical (unpaired) electrons. The molecule has 25 heavy (non-hydrogen) atoms. The zero-order valence-electron chi connectivity index (χ0n) is 15.0. The van der Waals surface area contributed by atoms with E-state index in [4.69, 9.17) is 4.74 Å². The maximum Gasteiger partial charge on any atom is 0.407 e. The Bertz CT molecular complexity index is 684. The number of carbonyl (C=O) groups excluding carboxylic acids is 1. The summed E-state index contributed by atoms with van der Waals surface area (Å²) in [6.45, 7) is 5.95. The van der Waals surface area contributed by atoms with Gasteiger partial charge in [0.25, 0.3) is 0 Å². The van der Waals surface area contributed by atoms with Crippen molar-refractivity contribution in [2.24, 2.45) is 0 Å². The van der Waals surface area contributed by atoms with E-state index in [0.717, 1.165) is 16.7 Å². The Kier molecular flexibility index (Phi) is 6.58. The minimum absolute atomic E-state index is 0.410. The van der Waals surface area contributed by atoms with Gasteiger partial charge in [-0.15, -0.1) is 0 Å². The van der Waals surface area contributed by atoms with Crippen LogP contribution in [0, 0.1) is 0 Å². The van der Waals surface area contributed by atoms with Gasteiger partial charge < -0.3 is 10.1 Å². The lowest BCUT2D eigenvalue weighted by atomic mass is 9.97. The number of allylic oxidation sites excluding steroid dienone is 2. The summed E-state index contributed by atoms with van der Waals surface area (Å²) in [4.78, 5) is 11.6. The van der Waals surface area contributed by atoms with Crippen molar-refractivity contribution in [3.05, 3.63) is 90.0 Å². The topological polar surface area (TPSA) is 38.3 Å². The van der Waals surface area contributed by atoms with Gasteiger partial charge in [0, 0.05) is 6.54 Å². The van der Waals surface area contributed by atoms with Crippen LogP contribution in [0.15, 0.2) is 78.9 Å². The van der Waals surface area contributed by atoms with Crippen molar-refractivity contribution in [1.82, 2.24) is 5.32 Å². The van der Waals surface area contributed by atoms with Gasteiger partial charge in [0.05, 0.1) is 0 Å². The fourth-order valence-electron chi connectivity index (χ4n) is 2.28. The number of alkyl carbamates (subject to hydrolysis) is 1. The van der Waals surface area contributed by atoms with Crippen molar-refractivity contribution in [2.75, 3.05) is 6.54 Å². The Labute approximate surface area is 150 Å². The molecule has 0 aliphatic rings. The van der Waals surface area contributed by atoms with Crippen LogP contribution >= 0.6 is 0 Å². The highest BCUT2D eigenvalue weighted by atomic mass is 16.6. The number of ether oxygens (including phenoxy) is 1. The summed E-state index contributed by atoms with van der Waals surface area (Å²) in [6, 6.07) is 20.5. The molecule has 3 nitrogen and oxygen atoms in total. The van der Waals surface area contributed by atoms with Gasteiger partial charge >= 0.3 is 6.09 Å². The molecule has 0 saturated heterocycles. The summed E-state index contributed by atoms with van der Waals surface area (Å²) in [6.07, 6.45) is 5.50. The molecule has 0 spiro atoms. The largest absolute Gasteiger partial charge is 0.444 e. The Morgan fingerprint density at radius 3 is 1.96 bits per heavy atom. The average Bonchev–Trinajstić information content (AvgIpc) is 2.58. The third-order valence-electron chi connectivity index (χ3n) is 3.33. The van der Waals surface area contributed by atoms with E-state index >= 15 is 0 Å². The quantitative estimate of drug-likeness (QED) is 0.763. The molecule has 0 heterocycles. The smallest absolute Gasteiger partial charge is 0.407 e. The maximum atomic E-state index is 11.6. The molecule has 130 valence electrons. The van der Waals surface area contributed by atoms with Crippen LogP contribution in [0.3, 0.4) is 0 Å². The molecule has 2 aromatic rings. The lowest BCUT2D eigenvalue weighted by Crippen LogP contribution is -2.32. The van der Waals surface area contributed by atoms with Crippen LogP contribution in [0.25, 0.3) is 5.57 Å². The van der Waals surface area contributed by atoms with E-state index in [0.29, 0.717) is 6.54 Å². The van der Waals surface area contributed by atoms with E-state index in [1.165, 1.54) is 0 Å². The Morgan fingerprint density at radius 2 is 1.48 bits per heavy atom. The third-order valence-corrected chi connectivity index (χ3v) is 3.33. The van der Waals surface area contributed by atoms with Gasteiger partial charge in [0.15, 0.2) is 0 Å². The maximum absolute atomic E-state index is 11.6. The molecule has 0 atom stereocenters. The van der Waals surface area contributed by atoms with Crippen molar-refractivity contribution in [2.45, 2.75) is 26.4 Å². The van der Waals surface area contributed by atoms with E-state index in [1.54, 1.807) is 0 Å². The lowest BCUT2D eigenvalue weighted by Gasteiger charge is -2.19. The summed E-state index contributed by atoms with van der Waals surface area (Å²) >= 11 is 0. The monoisotopic (exact) mass is 335 g/mol. The molecule has 0 aromatic heterocycles. The Morgan fingerprint density at radius 1 is 0.960 bits per heavy atom. The minimum atomic E-state index is -0.485. The molecule has 0 bridgehead atoms. The lowest BCUT2D eigenvalue weighted by molar-refractivity contribution is 0.0534. The second-order valence-corrected chi connectivity index (χ2v) is 6.62. The molecule has 1 N–H and O–H groups in total. The summed E-state index contributed by atoms with van der Waals surface area (Å²) in [5, 5.41) is 2.72. The van der Waals surface area contributed by atoms with Gasteiger partial charge in [-0.3, -0.25) is 0 Å². The zero-order valence-corrected chi connectivity index (χ0v) is 15.0. The van der Waals surface area contributed by atoms with Crippen LogP contribution in [-0.2, 0) is 4.74 Å². The van der Waals surface area contributed by atoms with Crippen LogP contribution in [0.2, 0.25) is 0 Å². The molecule has 0 unspecified atom stereocenters. The van der Waals surface area contributed by atoms with E-state index in [1.807, 2.05) is 69.3 Å². The Balaban J connectivity index is 2.05. The van der Waals surface area contributed by atoms with Gasteiger partial charge in [0.1, 0.15) is 5.60 Å². The van der Waals surface area contributed by atoms with Crippen molar-refractivity contribution < 1.29 is 9.53 Å². The summed E-state index contributed by atoms with van der Waals surface area (Å²) in [5.41, 5.74) is 2.95. The predicted molar refractivity (Wildman–Crippen MR) is 103 cm³/mol. The normalized spacial score (nSPS) is 11.2. The SMILES string of the molecule is CC(C)(C)OC(=O)NC/C=C/C=C(c1ccccc1)c1ccccc1. The zero-order chi connectivity index (χ0) is 18.1. The van der Waals surface area contributed by atoms with Crippen LogP contribution in [-0.4, -0.2) is 18.2 Å². The van der Waals surface area contributed by atoms with Gasteiger partial charge in [0.2, 0.25) is 0 Å². The molecule has 0 fully saturated rings. The standard InChI is InChI=1S/C22H25NO2/c1-22(2,3)25-21(24)23-17-11-10-16-20(18-12-6-4-7-13-18)19-14-8-5-9-15-19/h4-16H,17H2,1-3H3,(H,23,24)/b11-10+. The molecular formula is C22H25NO2. The molecule has 0 aliphatic carbocycles. The van der Waals surface area contributed by atoms with E-state index < -0.39 is 11.7 Å². The van der Waals surface area contributed by atoms with E-state index in [-0.39, 0.29) is 0 Å². The van der Waals surface area contributed by atoms with Gasteiger partial charge in [-0.25, -0.2) is 4.79 Å².